The van der Waals surface area contributed by atoms with Gasteiger partial charge in [-0.15, -0.1) is 0 Å². The van der Waals surface area contributed by atoms with Gasteiger partial charge in [-0.3, -0.25) is 8.98 Å². The molecule has 0 bridgehead atoms. The number of ketones is 1. The van der Waals surface area contributed by atoms with Crippen molar-refractivity contribution in [1.29, 1.82) is 0 Å². The normalized spacial score (nSPS) is 15.3. The molecule has 0 aliphatic heterocycles. The van der Waals surface area contributed by atoms with E-state index in [1.165, 1.54) is 0 Å². The van der Waals surface area contributed by atoms with Gasteiger partial charge in [0.15, 0.2) is 5.78 Å². The third-order valence-corrected chi connectivity index (χ3v) is 2.87. The molecule has 0 rings (SSSR count). The maximum atomic E-state index is 11.7. The number of hydrogen-bond donors (Lipinski definition) is 3. The number of carbonyl (C=O) groups is 2. The van der Waals surface area contributed by atoms with Gasteiger partial charge in [0.05, 0.1) is 0 Å². The zero-order valence-corrected chi connectivity index (χ0v) is 11.7. The molecule has 0 aromatic carbocycles. The van der Waals surface area contributed by atoms with Crippen molar-refractivity contribution in [3.8, 4) is 0 Å². The van der Waals surface area contributed by atoms with Crippen LogP contribution >= 0.6 is 12.9 Å². The number of rotatable bonds is 7. The highest BCUT2D eigenvalue weighted by molar-refractivity contribution is 7.75. The smallest absolute Gasteiger partial charge is 0.345 e. The van der Waals surface area contributed by atoms with Crippen molar-refractivity contribution >= 4 is 24.7 Å². The fourth-order valence-corrected chi connectivity index (χ4v) is 1.24. The first-order valence-corrected chi connectivity index (χ1v) is 5.56. The highest BCUT2D eigenvalue weighted by Gasteiger charge is 2.58. The van der Waals surface area contributed by atoms with Crippen LogP contribution in [0.1, 0.15) is 13.8 Å². The monoisotopic (exact) mass is 281 g/mol. The number of aliphatic hydroxyl groups is 2. The van der Waals surface area contributed by atoms with Gasteiger partial charge in [-0.25, -0.2) is 4.79 Å². The molecule has 7 nitrogen and oxygen atoms in total. The zero-order chi connectivity index (χ0) is 14.6. The molecule has 0 aliphatic rings. The number of thiol groups is 1. The van der Waals surface area contributed by atoms with Crippen LogP contribution in [0.5, 0.6) is 0 Å². The van der Waals surface area contributed by atoms with Crippen LogP contribution in [0, 0.1) is 0 Å². The molecule has 0 fully saturated rings. The zero-order valence-electron chi connectivity index (χ0n) is 10.8. The van der Waals surface area contributed by atoms with Gasteiger partial charge in [0.25, 0.3) is 5.79 Å². The third kappa shape index (κ3) is 3.66. The van der Waals surface area contributed by atoms with E-state index in [0.29, 0.717) is 6.54 Å². The van der Waals surface area contributed by atoms with Crippen molar-refractivity contribution in [3.05, 3.63) is 0 Å². The van der Waals surface area contributed by atoms with Crippen molar-refractivity contribution in [3.63, 3.8) is 0 Å². The number of ether oxygens (including phenoxy) is 1. The van der Waals surface area contributed by atoms with E-state index in [9.17, 15) is 19.8 Å². The SMILES string of the molecule is CC(=O)C(O)(O)C(C)(OS)C(=O)OCCN(C)C. The summed E-state index contributed by atoms with van der Waals surface area (Å²) in [5.41, 5.74) is -2.30. The van der Waals surface area contributed by atoms with E-state index in [-0.39, 0.29) is 6.61 Å². The van der Waals surface area contributed by atoms with Gasteiger partial charge >= 0.3 is 5.97 Å². The standard InChI is InChI=1S/C10H19NO6S/c1-7(12)10(14,15)9(2,17-18)8(13)16-6-5-11(3)4/h14-15,18H,5-6H2,1-4H3. The first-order valence-electron chi connectivity index (χ1n) is 5.20. The molecule has 0 amide bonds. The second-order valence-corrected chi connectivity index (χ2v) is 4.47. The molecule has 2 N–H and O–H groups in total. The topological polar surface area (TPSA) is 96.3 Å². The first-order chi connectivity index (χ1) is 8.09. The van der Waals surface area contributed by atoms with E-state index in [1.807, 2.05) is 0 Å². The van der Waals surface area contributed by atoms with Gasteiger partial charge in [-0.05, 0) is 33.9 Å². The summed E-state index contributed by atoms with van der Waals surface area (Å²) in [5, 5.41) is 19.2. The predicted octanol–water partition coefficient (Wildman–Crippen LogP) is -1.02. The van der Waals surface area contributed by atoms with Gasteiger partial charge in [0, 0.05) is 13.5 Å². The number of hydrogen-bond acceptors (Lipinski definition) is 8. The average Bonchev–Trinajstić information content (AvgIpc) is 2.26. The lowest BCUT2D eigenvalue weighted by Gasteiger charge is -2.34. The molecule has 0 aromatic rings. The molecule has 0 aliphatic carbocycles. The fraction of sp³-hybridized carbons (Fsp3) is 0.800. The molecule has 1 atom stereocenters. The lowest BCUT2D eigenvalue weighted by molar-refractivity contribution is -0.245. The molecule has 18 heavy (non-hydrogen) atoms. The predicted molar refractivity (Wildman–Crippen MR) is 65.8 cm³/mol. The molecule has 0 aromatic heterocycles. The Kier molecular flexibility index (Phi) is 6.24. The highest BCUT2D eigenvalue weighted by atomic mass is 32.1. The van der Waals surface area contributed by atoms with Crippen LogP contribution in [0.15, 0.2) is 0 Å². The molecule has 1 unspecified atom stereocenters. The van der Waals surface area contributed by atoms with Gasteiger partial charge < -0.3 is 19.8 Å². The van der Waals surface area contributed by atoms with Crippen LogP contribution < -0.4 is 0 Å². The maximum Gasteiger partial charge on any atom is 0.345 e. The Balaban J connectivity index is 4.84. The number of carbonyl (C=O) groups excluding carboxylic acids is 2. The van der Waals surface area contributed by atoms with Gasteiger partial charge in [-0.1, -0.05) is 0 Å². The molecule has 8 heteroatoms. The molecular weight excluding hydrogens is 262 g/mol. The van der Waals surface area contributed by atoms with E-state index in [0.717, 1.165) is 13.8 Å². The average molecular weight is 281 g/mol. The largest absolute Gasteiger partial charge is 0.462 e. The lowest BCUT2D eigenvalue weighted by atomic mass is 9.92. The summed E-state index contributed by atoms with van der Waals surface area (Å²) in [4.78, 5) is 24.6. The summed E-state index contributed by atoms with van der Waals surface area (Å²) in [5.74, 6) is -5.15. The van der Waals surface area contributed by atoms with Crippen LogP contribution in [0.2, 0.25) is 0 Å². The minimum absolute atomic E-state index is 0.0204. The number of nitrogens with zero attached hydrogens (tertiary/aromatic N) is 1. The van der Waals surface area contributed by atoms with Crippen LogP contribution in [-0.2, 0) is 18.5 Å². The number of esters is 1. The Morgan fingerprint density at radius 3 is 2.17 bits per heavy atom. The molecule has 106 valence electrons. The molecular formula is C10H19NO6S. The molecule has 0 spiro atoms. The molecule has 0 heterocycles. The van der Waals surface area contributed by atoms with Crippen molar-refractivity contribution in [2.24, 2.45) is 0 Å². The van der Waals surface area contributed by atoms with Gasteiger partial charge in [0.1, 0.15) is 6.61 Å². The second-order valence-electron chi connectivity index (χ2n) is 4.29. The Labute approximate surface area is 111 Å². The summed E-state index contributed by atoms with van der Waals surface area (Å²) in [6, 6.07) is 0. The van der Waals surface area contributed by atoms with Crippen LogP contribution in [0.4, 0.5) is 0 Å². The lowest BCUT2D eigenvalue weighted by Crippen LogP contribution is -2.62. The van der Waals surface area contributed by atoms with Crippen molar-refractivity contribution in [2.45, 2.75) is 25.2 Å². The summed E-state index contributed by atoms with van der Waals surface area (Å²) >= 11 is 3.41. The molecule has 0 saturated carbocycles. The summed E-state index contributed by atoms with van der Waals surface area (Å²) in [6.45, 7) is 2.39. The Morgan fingerprint density at radius 1 is 1.33 bits per heavy atom. The Morgan fingerprint density at radius 2 is 1.83 bits per heavy atom. The van der Waals surface area contributed by atoms with Crippen molar-refractivity contribution in [2.75, 3.05) is 27.2 Å². The fourth-order valence-electron chi connectivity index (χ4n) is 1.04. The summed E-state index contributed by atoms with van der Waals surface area (Å²) < 4.78 is 9.29. The summed E-state index contributed by atoms with van der Waals surface area (Å²) in [6.07, 6.45) is 0. The second kappa shape index (κ2) is 6.48. The first kappa shape index (κ1) is 17.3. The number of likely N-dealkylation sites (N-methyl/N-ethyl adjacent to an activating group) is 1. The summed E-state index contributed by atoms with van der Waals surface area (Å²) in [7, 11) is 3.56. The van der Waals surface area contributed by atoms with Gasteiger partial charge in [-0.2, -0.15) is 0 Å². The Hall–Kier alpha value is -0.670. The van der Waals surface area contributed by atoms with E-state index >= 15 is 0 Å². The molecule has 0 radical (unpaired) electrons. The van der Waals surface area contributed by atoms with Crippen LogP contribution in [0.25, 0.3) is 0 Å². The minimum Gasteiger partial charge on any atom is -0.462 e. The maximum absolute atomic E-state index is 11.7. The quantitative estimate of drug-likeness (QED) is 0.238. The van der Waals surface area contributed by atoms with Crippen LogP contribution in [-0.4, -0.2) is 65.5 Å². The van der Waals surface area contributed by atoms with E-state index < -0.39 is 23.1 Å². The van der Waals surface area contributed by atoms with E-state index in [1.54, 1.807) is 19.0 Å². The third-order valence-electron chi connectivity index (χ3n) is 2.50. The van der Waals surface area contributed by atoms with Crippen molar-refractivity contribution in [1.82, 2.24) is 4.90 Å². The van der Waals surface area contributed by atoms with E-state index in [2.05, 4.69) is 17.1 Å². The highest BCUT2D eigenvalue weighted by Crippen LogP contribution is 2.28. The van der Waals surface area contributed by atoms with E-state index in [4.69, 9.17) is 4.74 Å². The number of Topliss-reactive ketones (excluding diaryl/α,β-unsaturated/α-hetero) is 1. The van der Waals surface area contributed by atoms with Gasteiger partial charge in [0.2, 0.25) is 5.60 Å². The minimum atomic E-state index is -3.01. The van der Waals surface area contributed by atoms with Crippen molar-refractivity contribution < 1.29 is 28.7 Å². The Bertz CT molecular complexity index is 319. The van der Waals surface area contributed by atoms with Crippen LogP contribution in [0.3, 0.4) is 0 Å². The molecule has 0 saturated heterocycles.